The number of nitro groups is 1. The number of nitro benzene ring substituents is 1. The molecule has 0 fully saturated rings. The van der Waals surface area contributed by atoms with Gasteiger partial charge in [0.05, 0.1) is 16.9 Å². The summed E-state index contributed by atoms with van der Waals surface area (Å²) in [6.45, 7) is 1.68. The van der Waals surface area contributed by atoms with Crippen LogP contribution in [0.2, 0.25) is 0 Å². The van der Waals surface area contributed by atoms with Crippen molar-refractivity contribution in [3.05, 3.63) is 64.1 Å². The molecule has 0 aliphatic heterocycles. The lowest BCUT2D eigenvalue weighted by Crippen LogP contribution is -2.18. The van der Waals surface area contributed by atoms with Crippen LogP contribution in [0.5, 0.6) is 0 Å². The fourth-order valence-electron chi connectivity index (χ4n) is 1.49. The Morgan fingerprint density at radius 2 is 2.00 bits per heavy atom. The second-order valence-electron chi connectivity index (χ2n) is 3.92. The van der Waals surface area contributed by atoms with E-state index in [0.29, 0.717) is 11.3 Å². The maximum absolute atomic E-state index is 11.6. The third-order valence-corrected chi connectivity index (χ3v) is 2.57. The molecule has 7 heteroatoms. The fourth-order valence-corrected chi connectivity index (χ4v) is 1.49. The number of nitrogens with one attached hydrogen (secondary N) is 1. The van der Waals surface area contributed by atoms with E-state index in [0.717, 1.165) is 0 Å². The molecule has 0 bridgehead atoms. The summed E-state index contributed by atoms with van der Waals surface area (Å²) in [5.41, 5.74) is 3.55. The predicted molar refractivity (Wildman–Crippen MR) is 71.5 cm³/mol. The molecule has 2 rings (SSSR count). The lowest BCUT2D eigenvalue weighted by molar-refractivity contribution is -0.384. The van der Waals surface area contributed by atoms with Gasteiger partial charge in [-0.1, -0.05) is 0 Å². The van der Waals surface area contributed by atoms with E-state index in [1.807, 2.05) is 0 Å². The van der Waals surface area contributed by atoms with Crippen LogP contribution < -0.4 is 5.43 Å². The highest BCUT2D eigenvalue weighted by atomic mass is 16.6. The van der Waals surface area contributed by atoms with Crippen molar-refractivity contribution in [3.8, 4) is 0 Å². The summed E-state index contributed by atoms with van der Waals surface area (Å²) in [4.78, 5) is 21.6. The average molecular weight is 273 g/mol. The van der Waals surface area contributed by atoms with Gasteiger partial charge < -0.3 is 4.42 Å². The maximum atomic E-state index is 11.6. The lowest BCUT2D eigenvalue weighted by atomic mass is 10.1. The number of nitrogens with zero attached hydrogens (tertiary/aromatic N) is 2. The van der Waals surface area contributed by atoms with E-state index in [4.69, 9.17) is 4.42 Å². The second-order valence-corrected chi connectivity index (χ2v) is 3.92. The summed E-state index contributed by atoms with van der Waals surface area (Å²) in [6.07, 6.45) is 1.39. The molecular formula is C13H11N3O4. The van der Waals surface area contributed by atoms with Gasteiger partial charge >= 0.3 is 5.91 Å². The summed E-state index contributed by atoms with van der Waals surface area (Å²) in [5, 5.41) is 14.4. The molecule has 0 saturated carbocycles. The number of furan rings is 1. The number of carbonyl (C=O) groups excluding carboxylic acids is 1. The number of hydrogen-bond acceptors (Lipinski definition) is 5. The van der Waals surface area contributed by atoms with Gasteiger partial charge in [0.15, 0.2) is 5.76 Å². The van der Waals surface area contributed by atoms with E-state index in [1.165, 1.54) is 24.5 Å². The Hall–Kier alpha value is -2.96. The Bertz CT molecular complexity index is 645. The Labute approximate surface area is 114 Å². The van der Waals surface area contributed by atoms with Crippen LogP contribution in [-0.2, 0) is 0 Å². The molecule has 0 aliphatic carbocycles. The molecule has 1 N–H and O–H groups in total. The van der Waals surface area contributed by atoms with Crippen molar-refractivity contribution in [1.82, 2.24) is 5.43 Å². The van der Waals surface area contributed by atoms with E-state index in [1.54, 1.807) is 25.1 Å². The molecule has 0 unspecified atom stereocenters. The number of benzene rings is 1. The van der Waals surface area contributed by atoms with Crippen LogP contribution in [0.4, 0.5) is 5.69 Å². The van der Waals surface area contributed by atoms with Gasteiger partial charge in [-0.15, -0.1) is 0 Å². The van der Waals surface area contributed by atoms with Gasteiger partial charge in [0.1, 0.15) is 0 Å². The summed E-state index contributed by atoms with van der Waals surface area (Å²) < 4.78 is 4.92. The van der Waals surface area contributed by atoms with Gasteiger partial charge in [-0.3, -0.25) is 14.9 Å². The second kappa shape index (κ2) is 5.79. The molecule has 1 aromatic heterocycles. The van der Waals surface area contributed by atoms with Gasteiger partial charge in [0.2, 0.25) is 0 Å². The highest BCUT2D eigenvalue weighted by molar-refractivity contribution is 6.00. The summed E-state index contributed by atoms with van der Waals surface area (Å²) in [6, 6.07) is 9.01. The van der Waals surface area contributed by atoms with E-state index in [-0.39, 0.29) is 11.4 Å². The maximum Gasteiger partial charge on any atom is 0.307 e. The number of rotatable bonds is 4. The van der Waals surface area contributed by atoms with E-state index < -0.39 is 10.8 Å². The zero-order valence-electron chi connectivity index (χ0n) is 10.6. The number of carbonyl (C=O) groups is 1. The predicted octanol–water partition coefficient (Wildman–Crippen LogP) is 2.34. The number of non-ortho nitro benzene ring substituents is 1. The van der Waals surface area contributed by atoms with Gasteiger partial charge in [-0.25, -0.2) is 5.43 Å². The first-order chi connectivity index (χ1) is 9.58. The molecule has 1 amide bonds. The zero-order chi connectivity index (χ0) is 14.5. The third kappa shape index (κ3) is 3.08. The number of hydrogen-bond donors (Lipinski definition) is 1. The first kappa shape index (κ1) is 13.5. The Morgan fingerprint density at radius 1 is 1.30 bits per heavy atom. The highest BCUT2D eigenvalue weighted by Gasteiger charge is 2.08. The van der Waals surface area contributed by atoms with Crippen molar-refractivity contribution in [1.29, 1.82) is 0 Å². The van der Waals surface area contributed by atoms with Gasteiger partial charge in [0, 0.05) is 12.1 Å². The summed E-state index contributed by atoms with van der Waals surface area (Å²) in [7, 11) is 0. The highest BCUT2D eigenvalue weighted by Crippen LogP contribution is 2.12. The largest absolute Gasteiger partial charge is 0.459 e. The minimum atomic E-state index is -0.477. The van der Waals surface area contributed by atoms with Crippen molar-refractivity contribution in [2.24, 2.45) is 5.10 Å². The fraction of sp³-hybridized carbons (Fsp3) is 0.0769. The Balaban J connectivity index is 2.06. The number of amides is 1. The molecule has 0 saturated heterocycles. The summed E-state index contributed by atoms with van der Waals surface area (Å²) >= 11 is 0. The van der Waals surface area contributed by atoms with Crippen LogP contribution in [0.1, 0.15) is 23.0 Å². The quantitative estimate of drug-likeness (QED) is 0.525. The molecule has 1 aromatic carbocycles. The number of hydrazone groups is 1. The van der Waals surface area contributed by atoms with Crippen LogP contribution in [0, 0.1) is 10.1 Å². The van der Waals surface area contributed by atoms with Crippen LogP contribution in [0.25, 0.3) is 0 Å². The van der Waals surface area contributed by atoms with Gasteiger partial charge in [-0.05, 0) is 36.8 Å². The first-order valence-corrected chi connectivity index (χ1v) is 5.71. The third-order valence-electron chi connectivity index (χ3n) is 2.57. The van der Waals surface area contributed by atoms with Crippen molar-refractivity contribution >= 4 is 17.3 Å². The van der Waals surface area contributed by atoms with Gasteiger partial charge in [0.25, 0.3) is 5.69 Å². The summed E-state index contributed by atoms with van der Waals surface area (Å²) in [5.74, 6) is -0.304. The average Bonchev–Trinajstić information content (AvgIpc) is 2.98. The SMILES string of the molecule is C/C(=N/NC(=O)c1ccco1)c1ccc([N+](=O)[O-])cc1. The molecule has 2 aromatic rings. The molecule has 7 nitrogen and oxygen atoms in total. The van der Waals surface area contributed by atoms with Crippen LogP contribution in [0.15, 0.2) is 52.2 Å². The Kier molecular flexibility index (Phi) is 3.90. The van der Waals surface area contributed by atoms with Crippen LogP contribution in [0.3, 0.4) is 0 Å². The van der Waals surface area contributed by atoms with Gasteiger partial charge in [-0.2, -0.15) is 5.10 Å². The van der Waals surface area contributed by atoms with E-state index in [2.05, 4.69) is 10.5 Å². The molecule has 0 atom stereocenters. The van der Waals surface area contributed by atoms with Crippen LogP contribution in [-0.4, -0.2) is 16.5 Å². The molecule has 1 heterocycles. The lowest BCUT2D eigenvalue weighted by Gasteiger charge is -2.01. The normalized spacial score (nSPS) is 11.2. The van der Waals surface area contributed by atoms with E-state index >= 15 is 0 Å². The minimum absolute atomic E-state index is 0.00108. The van der Waals surface area contributed by atoms with Crippen LogP contribution >= 0.6 is 0 Å². The molecule has 20 heavy (non-hydrogen) atoms. The van der Waals surface area contributed by atoms with Crippen molar-refractivity contribution in [3.63, 3.8) is 0 Å². The molecular weight excluding hydrogens is 262 g/mol. The molecule has 0 aliphatic rings. The molecule has 102 valence electrons. The smallest absolute Gasteiger partial charge is 0.307 e. The van der Waals surface area contributed by atoms with E-state index in [9.17, 15) is 14.9 Å². The van der Waals surface area contributed by atoms with Crippen molar-refractivity contribution in [2.75, 3.05) is 0 Å². The molecule has 0 radical (unpaired) electrons. The van der Waals surface area contributed by atoms with Crippen molar-refractivity contribution in [2.45, 2.75) is 6.92 Å². The standard InChI is InChI=1S/C13H11N3O4/c1-9(10-4-6-11(7-5-10)16(18)19)14-15-13(17)12-3-2-8-20-12/h2-8H,1H3,(H,15,17)/b14-9-. The monoisotopic (exact) mass is 273 g/mol. The minimum Gasteiger partial charge on any atom is -0.459 e. The Morgan fingerprint density at radius 3 is 2.55 bits per heavy atom. The van der Waals surface area contributed by atoms with Crippen molar-refractivity contribution < 1.29 is 14.1 Å². The topological polar surface area (TPSA) is 97.7 Å². The molecule has 0 spiro atoms. The first-order valence-electron chi connectivity index (χ1n) is 5.71. The zero-order valence-corrected chi connectivity index (χ0v) is 10.6.